The third kappa shape index (κ3) is 10.6. The van der Waals surface area contributed by atoms with Crippen molar-refractivity contribution >= 4 is 34.6 Å². The van der Waals surface area contributed by atoms with E-state index in [4.69, 9.17) is 9.84 Å². The summed E-state index contributed by atoms with van der Waals surface area (Å²) in [4.78, 5) is 52.1. The monoisotopic (exact) mass is 623 g/mol. The van der Waals surface area contributed by atoms with Crippen LogP contribution in [0.3, 0.4) is 0 Å². The lowest BCUT2D eigenvalue weighted by Gasteiger charge is -2.35. The van der Waals surface area contributed by atoms with Crippen molar-refractivity contribution in [1.29, 1.82) is 0 Å². The van der Waals surface area contributed by atoms with Crippen molar-refractivity contribution in [3.63, 3.8) is 0 Å². The number of nitrogens with zero attached hydrogens (tertiary/aromatic N) is 1. The van der Waals surface area contributed by atoms with Crippen molar-refractivity contribution in [2.24, 2.45) is 5.92 Å². The van der Waals surface area contributed by atoms with Gasteiger partial charge in [0.25, 0.3) is 0 Å². The number of fused-ring (bicyclic) bond motifs is 1. The van der Waals surface area contributed by atoms with Crippen LogP contribution in [0.1, 0.15) is 84.1 Å². The molecule has 1 aliphatic heterocycles. The lowest BCUT2D eigenvalue weighted by Crippen LogP contribution is -2.57. The molecule has 3 amide bonds. The summed E-state index contributed by atoms with van der Waals surface area (Å²) >= 11 is 0. The normalized spacial score (nSPS) is 18.2. The molecule has 3 atom stereocenters. The number of alkyl carbamates (subject to hydrolysis) is 1. The van der Waals surface area contributed by atoms with Gasteiger partial charge in [-0.25, -0.2) is 9.59 Å². The van der Waals surface area contributed by atoms with Gasteiger partial charge >= 0.3 is 12.1 Å². The van der Waals surface area contributed by atoms with E-state index in [0.717, 1.165) is 43.1 Å². The van der Waals surface area contributed by atoms with Crippen LogP contribution < -0.4 is 10.6 Å². The van der Waals surface area contributed by atoms with Crippen molar-refractivity contribution in [3.05, 3.63) is 60.7 Å². The highest BCUT2D eigenvalue weighted by Gasteiger charge is 2.41. The molecule has 4 rings (SSSR count). The molecule has 0 bridgehead atoms. The fraction of sp³-hybridized carbons (Fsp3) is 0.543. The topological polar surface area (TPSA) is 145 Å². The van der Waals surface area contributed by atoms with Crippen molar-refractivity contribution in [3.8, 4) is 0 Å². The molecular weight excluding hydrogens is 574 g/mol. The van der Waals surface area contributed by atoms with Crippen LogP contribution in [0.2, 0.25) is 0 Å². The van der Waals surface area contributed by atoms with Gasteiger partial charge in [0.15, 0.2) is 0 Å². The molecule has 1 heterocycles. The number of likely N-dealkylation sites (tertiary alicyclic amines) is 1. The second-order valence-electron chi connectivity index (χ2n) is 12.8. The first-order valence-corrected chi connectivity index (χ1v) is 16.0. The van der Waals surface area contributed by atoms with Crippen molar-refractivity contribution in [2.75, 3.05) is 6.54 Å². The third-order valence-electron chi connectivity index (χ3n) is 8.22. The fourth-order valence-electron chi connectivity index (χ4n) is 6.01. The lowest BCUT2D eigenvalue weighted by atomic mass is 9.83. The summed E-state index contributed by atoms with van der Waals surface area (Å²) in [5, 5.41) is 26.1. The maximum atomic E-state index is 13.6. The van der Waals surface area contributed by atoms with Gasteiger partial charge in [-0.3, -0.25) is 9.59 Å². The van der Waals surface area contributed by atoms with Gasteiger partial charge in [0.05, 0.1) is 6.61 Å². The van der Waals surface area contributed by atoms with E-state index in [0.29, 0.717) is 25.8 Å². The summed E-state index contributed by atoms with van der Waals surface area (Å²) in [6.45, 7) is 9.37. The first kappa shape index (κ1) is 35.6. The van der Waals surface area contributed by atoms with Gasteiger partial charge in [-0.15, -0.1) is 6.58 Å². The molecule has 1 aliphatic carbocycles. The van der Waals surface area contributed by atoms with Crippen molar-refractivity contribution < 1.29 is 34.1 Å². The highest BCUT2D eigenvalue weighted by Crippen LogP contribution is 2.30. The number of benzene rings is 2. The first-order chi connectivity index (χ1) is 21.4. The highest BCUT2D eigenvalue weighted by atomic mass is 16.6. The van der Waals surface area contributed by atoms with E-state index in [1.807, 2.05) is 30.3 Å². The number of carboxylic acids is 1. The Morgan fingerprint density at radius 3 is 2.33 bits per heavy atom. The quantitative estimate of drug-likeness (QED) is 0.262. The van der Waals surface area contributed by atoms with E-state index in [9.17, 15) is 24.3 Å². The van der Waals surface area contributed by atoms with E-state index < -0.39 is 41.7 Å². The number of rotatable bonds is 10. The third-order valence-corrected chi connectivity index (χ3v) is 8.22. The molecule has 4 N–H and O–H groups in total. The van der Waals surface area contributed by atoms with Gasteiger partial charge in [-0.05, 0) is 81.5 Å². The van der Waals surface area contributed by atoms with Crippen LogP contribution in [-0.4, -0.2) is 69.3 Å². The second-order valence-corrected chi connectivity index (χ2v) is 12.8. The maximum Gasteiger partial charge on any atom is 0.408 e. The number of ether oxygens (including phenoxy) is 1. The largest absolute Gasteiger partial charge is 0.480 e. The van der Waals surface area contributed by atoms with E-state index in [1.165, 1.54) is 10.3 Å². The zero-order chi connectivity index (χ0) is 33.0. The molecule has 3 unspecified atom stereocenters. The van der Waals surface area contributed by atoms with Gasteiger partial charge in [0.1, 0.15) is 23.7 Å². The summed E-state index contributed by atoms with van der Waals surface area (Å²) in [5.74, 6) is -1.92. The van der Waals surface area contributed by atoms with Gasteiger partial charge < -0.3 is 30.5 Å². The van der Waals surface area contributed by atoms with Gasteiger partial charge in [0, 0.05) is 6.54 Å². The SMILES string of the molecule is C=CCCC(NC(=O)C1CCCN1C(=O)C(NC(=O)OC(C)(C)C)C1CCCCC1)C(=O)O.OCc1cccc2ccccc12. The molecule has 0 spiro atoms. The summed E-state index contributed by atoms with van der Waals surface area (Å²) in [6.07, 6.45) is 7.43. The number of carbonyl (C=O) groups is 4. The predicted molar refractivity (Wildman–Crippen MR) is 173 cm³/mol. The summed E-state index contributed by atoms with van der Waals surface area (Å²) in [5.41, 5.74) is 0.297. The molecule has 2 aliphatic rings. The van der Waals surface area contributed by atoms with E-state index in [1.54, 1.807) is 26.8 Å². The zero-order valence-corrected chi connectivity index (χ0v) is 26.8. The minimum atomic E-state index is -1.12. The fourth-order valence-corrected chi connectivity index (χ4v) is 6.01. The Morgan fingerprint density at radius 1 is 1.00 bits per heavy atom. The van der Waals surface area contributed by atoms with Gasteiger partial charge in [0.2, 0.25) is 11.8 Å². The van der Waals surface area contributed by atoms with Crippen LogP contribution in [0.4, 0.5) is 4.79 Å². The number of carbonyl (C=O) groups excluding carboxylic acids is 3. The molecule has 1 saturated heterocycles. The smallest absolute Gasteiger partial charge is 0.408 e. The number of aliphatic carboxylic acids is 1. The first-order valence-electron chi connectivity index (χ1n) is 16.0. The number of allylic oxidation sites excluding steroid dienone is 1. The summed E-state index contributed by atoms with van der Waals surface area (Å²) < 4.78 is 5.39. The molecule has 1 saturated carbocycles. The van der Waals surface area contributed by atoms with Crippen LogP contribution in [0.5, 0.6) is 0 Å². The number of amides is 3. The van der Waals surface area contributed by atoms with Gasteiger partial charge in [-0.2, -0.15) is 0 Å². The Morgan fingerprint density at radius 2 is 1.69 bits per heavy atom. The molecule has 0 radical (unpaired) electrons. The minimum Gasteiger partial charge on any atom is -0.480 e. The Balaban J connectivity index is 0.000000379. The number of nitrogens with one attached hydrogen (secondary N) is 2. The molecule has 0 aromatic heterocycles. The minimum absolute atomic E-state index is 0.0255. The Labute approximate surface area is 266 Å². The highest BCUT2D eigenvalue weighted by molar-refractivity contribution is 5.93. The maximum absolute atomic E-state index is 13.6. The number of aliphatic hydroxyl groups excluding tert-OH is 1. The van der Waals surface area contributed by atoms with Gasteiger partial charge in [-0.1, -0.05) is 67.8 Å². The molecule has 2 aromatic carbocycles. The van der Waals surface area contributed by atoms with E-state index in [2.05, 4.69) is 29.3 Å². The number of aliphatic hydroxyl groups is 1. The molecule has 2 aromatic rings. The Bertz CT molecular complexity index is 1310. The Kier molecular flexibility index (Phi) is 13.4. The average molecular weight is 624 g/mol. The lowest BCUT2D eigenvalue weighted by molar-refractivity contribution is -0.145. The molecule has 2 fully saturated rings. The average Bonchev–Trinajstić information content (AvgIpc) is 3.51. The molecule has 246 valence electrons. The number of carboxylic acid groups (broad SMARTS) is 1. The van der Waals surface area contributed by atoms with Crippen molar-refractivity contribution in [1.82, 2.24) is 15.5 Å². The van der Waals surface area contributed by atoms with Crippen LogP contribution in [0.25, 0.3) is 10.8 Å². The van der Waals surface area contributed by atoms with Crippen molar-refractivity contribution in [2.45, 2.75) is 109 Å². The van der Waals surface area contributed by atoms with Crippen LogP contribution >= 0.6 is 0 Å². The Hall–Kier alpha value is -3.92. The van der Waals surface area contributed by atoms with E-state index in [-0.39, 0.29) is 24.9 Å². The predicted octanol–water partition coefficient (Wildman–Crippen LogP) is 5.32. The van der Waals surface area contributed by atoms with E-state index >= 15 is 0 Å². The molecule has 10 nitrogen and oxygen atoms in total. The van der Waals surface area contributed by atoms with Crippen LogP contribution in [0, 0.1) is 5.92 Å². The van der Waals surface area contributed by atoms with Crippen LogP contribution in [0.15, 0.2) is 55.1 Å². The molecule has 45 heavy (non-hydrogen) atoms. The number of hydrogen-bond acceptors (Lipinski definition) is 6. The molecular formula is C35H49N3O7. The summed E-state index contributed by atoms with van der Waals surface area (Å²) in [6, 6.07) is 11.5. The second kappa shape index (κ2) is 17.0. The number of hydrogen-bond donors (Lipinski definition) is 4. The van der Waals surface area contributed by atoms with Crippen LogP contribution in [-0.2, 0) is 25.7 Å². The summed E-state index contributed by atoms with van der Waals surface area (Å²) in [7, 11) is 0. The zero-order valence-electron chi connectivity index (χ0n) is 26.8. The molecule has 10 heteroatoms. The standard InChI is InChI=1S/C24H39N3O6.C11H10O/c1-5-6-13-17(22(30)31)25-20(28)18-14-10-15-27(18)21(29)19(16-11-8-7-9-12-16)26-23(32)33-24(2,3)4;12-8-10-6-3-5-9-4-1-2-7-11(9)10/h5,16-19H,1,6-15H2,2-4H3,(H,25,28)(H,26,32)(H,30,31);1-7,12H,8H2.